The molecular formula is C9H10N2S. The molecule has 0 aliphatic carbocycles. The summed E-state index contributed by atoms with van der Waals surface area (Å²) in [5.41, 5.74) is 1.11. The summed E-state index contributed by atoms with van der Waals surface area (Å²) >= 11 is 1.74. The van der Waals surface area contributed by atoms with Crippen molar-refractivity contribution in [3.8, 4) is 0 Å². The van der Waals surface area contributed by atoms with Crippen molar-refractivity contribution in [2.45, 2.75) is 19.8 Å². The van der Waals surface area contributed by atoms with Gasteiger partial charge in [0, 0.05) is 5.39 Å². The van der Waals surface area contributed by atoms with E-state index < -0.39 is 0 Å². The van der Waals surface area contributed by atoms with Crippen molar-refractivity contribution >= 4 is 21.4 Å². The van der Waals surface area contributed by atoms with Gasteiger partial charge in [-0.1, -0.05) is 13.8 Å². The Hall–Kier alpha value is -0.960. The molecule has 0 aliphatic rings. The van der Waals surface area contributed by atoms with Gasteiger partial charge in [0.25, 0.3) is 0 Å². The average Bonchev–Trinajstić information content (AvgIpc) is 2.49. The number of thiophene rings is 1. The number of aromatic nitrogens is 2. The molecule has 0 spiro atoms. The second kappa shape index (κ2) is 2.83. The van der Waals surface area contributed by atoms with E-state index in [0.29, 0.717) is 5.92 Å². The van der Waals surface area contributed by atoms with Crippen molar-refractivity contribution in [3.05, 3.63) is 23.3 Å². The lowest BCUT2D eigenvalue weighted by Gasteiger charge is -2.02. The molecule has 3 heteroatoms. The zero-order chi connectivity index (χ0) is 8.55. The van der Waals surface area contributed by atoms with Crippen LogP contribution in [0.25, 0.3) is 10.1 Å². The molecule has 0 unspecified atom stereocenters. The fraction of sp³-hybridized carbons (Fsp3) is 0.333. The Labute approximate surface area is 75.3 Å². The van der Waals surface area contributed by atoms with E-state index in [4.69, 9.17) is 0 Å². The zero-order valence-corrected chi connectivity index (χ0v) is 7.93. The fourth-order valence-corrected chi connectivity index (χ4v) is 2.21. The highest BCUT2D eigenvalue weighted by atomic mass is 32.1. The summed E-state index contributed by atoms with van der Waals surface area (Å²) in [6.07, 6.45) is 1.82. The van der Waals surface area contributed by atoms with Crippen LogP contribution in [0.2, 0.25) is 0 Å². The van der Waals surface area contributed by atoms with Crippen molar-refractivity contribution in [2.24, 2.45) is 0 Å². The Morgan fingerprint density at radius 3 is 3.00 bits per heavy atom. The van der Waals surface area contributed by atoms with Gasteiger partial charge in [-0.2, -0.15) is 10.2 Å². The van der Waals surface area contributed by atoms with Crippen molar-refractivity contribution in [1.29, 1.82) is 0 Å². The lowest BCUT2D eigenvalue weighted by molar-refractivity contribution is 0.801. The van der Waals surface area contributed by atoms with Crippen molar-refractivity contribution < 1.29 is 0 Å². The van der Waals surface area contributed by atoms with Crippen molar-refractivity contribution in [3.63, 3.8) is 0 Å². The molecule has 0 bridgehead atoms. The van der Waals surface area contributed by atoms with E-state index in [9.17, 15) is 0 Å². The van der Waals surface area contributed by atoms with Crippen molar-refractivity contribution in [2.75, 3.05) is 0 Å². The van der Waals surface area contributed by atoms with Gasteiger partial charge in [-0.3, -0.25) is 0 Å². The van der Waals surface area contributed by atoms with E-state index in [1.807, 2.05) is 6.20 Å². The minimum absolute atomic E-state index is 0.458. The smallest absolute Gasteiger partial charge is 0.0834 e. The van der Waals surface area contributed by atoms with Gasteiger partial charge in [0.2, 0.25) is 0 Å². The molecule has 2 aromatic heterocycles. The standard InChI is InChI=1S/C9H10N2S/c1-6(2)8-9-7(3-4-12-9)5-10-11-8/h3-6H,1-2H3. The molecular weight excluding hydrogens is 168 g/mol. The predicted octanol–water partition coefficient (Wildman–Crippen LogP) is 2.81. The number of rotatable bonds is 1. The summed E-state index contributed by atoms with van der Waals surface area (Å²) < 4.78 is 1.28. The number of fused-ring (bicyclic) bond motifs is 1. The minimum Gasteiger partial charge on any atom is -0.158 e. The molecule has 0 saturated heterocycles. The third-order valence-electron chi connectivity index (χ3n) is 1.84. The van der Waals surface area contributed by atoms with Crippen LogP contribution in [0.1, 0.15) is 25.5 Å². The summed E-state index contributed by atoms with van der Waals surface area (Å²) in [7, 11) is 0. The van der Waals surface area contributed by atoms with Crippen LogP contribution >= 0.6 is 11.3 Å². The van der Waals surface area contributed by atoms with E-state index in [1.165, 1.54) is 10.1 Å². The molecule has 2 aromatic rings. The highest BCUT2D eigenvalue weighted by molar-refractivity contribution is 7.17. The topological polar surface area (TPSA) is 25.8 Å². The normalized spacial score (nSPS) is 11.2. The van der Waals surface area contributed by atoms with Gasteiger partial charge < -0.3 is 0 Å². The molecule has 2 heterocycles. The summed E-state index contributed by atoms with van der Waals surface area (Å²) in [6, 6.07) is 2.08. The molecule has 0 radical (unpaired) electrons. The van der Waals surface area contributed by atoms with Crippen LogP contribution in [0.5, 0.6) is 0 Å². The number of nitrogens with zero attached hydrogens (tertiary/aromatic N) is 2. The molecule has 12 heavy (non-hydrogen) atoms. The maximum absolute atomic E-state index is 4.14. The van der Waals surface area contributed by atoms with Crippen LogP contribution in [0.3, 0.4) is 0 Å². The first-order valence-electron chi connectivity index (χ1n) is 3.98. The molecule has 0 atom stereocenters. The Kier molecular flexibility index (Phi) is 1.81. The maximum atomic E-state index is 4.14. The van der Waals surface area contributed by atoms with Gasteiger partial charge in [-0.25, -0.2) is 0 Å². The van der Waals surface area contributed by atoms with E-state index in [2.05, 4.69) is 35.5 Å². The molecule has 62 valence electrons. The third-order valence-corrected chi connectivity index (χ3v) is 2.79. The van der Waals surface area contributed by atoms with Gasteiger partial charge in [0.1, 0.15) is 0 Å². The highest BCUT2D eigenvalue weighted by Gasteiger charge is 2.07. The lowest BCUT2D eigenvalue weighted by atomic mass is 10.1. The van der Waals surface area contributed by atoms with Crippen LogP contribution in [0, 0.1) is 0 Å². The second-order valence-corrected chi connectivity index (χ2v) is 4.01. The Bertz CT molecular complexity index is 392. The average molecular weight is 178 g/mol. The first-order chi connectivity index (χ1) is 5.79. The van der Waals surface area contributed by atoms with Gasteiger partial charge in [-0.05, 0) is 17.4 Å². The van der Waals surface area contributed by atoms with E-state index in [0.717, 1.165) is 5.69 Å². The van der Waals surface area contributed by atoms with Crippen molar-refractivity contribution in [1.82, 2.24) is 10.2 Å². The first-order valence-corrected chi connectivity index (χ1v) is 4.86. The molecule has 2 rings (SSSR count). The third kappa shape index (κ3) is 1.10. The summed E-state index contributed by atoms with van der Waals surface area (Å²) in [6.45, 7) is 4.28. The largest absolute Gasteiger partial charge is 0.158 e. The molecule has 0 aromatic carbocycles. The SMILES string of the molecule is CC(C)c1nncc2ccsc12. The van der Waals surface area contributed by atoms with Gasteiger partial charge in [-0.15, -0.1) is 11.3 Å². The first kappa shape index (κ1) is 7.68. The van der Waals surface area contributed by atoms with E-state index in [1.54, 1.807) is 11.3 Å². The highest BCUT2D eigenvalue weighted by Crippen LogP contribution is 2.26. The molecule has 0 aliphatic heterocycles. The lowest BCUT2D eigenvalue weighted by Crippen LogP contribution is -1.93. The quantitative estimate of drug-likeness (QED) is 0.671. The molecule has 0 saturated carbocycles. The second-order valence-electron chi connectivity index (χ2n) is 3.09. The van der Waals surface area contributed by atoms with Crippen LogP contribution in [-0.4, -0.2) is 10.2 Å². The summed E-state index contributed by atoms with van der Waals surface area (Å²) in [5, 5.41) is 11.4. The molecule has 2 nitrogen and oxygen atoms in total. The van der Waals surface area contributed by atoms with Gasteiger partial charge in [0.05, 0.1) is 16.6 Å². The van der Waals surface area contributed by atoms with E-state index >= 15 is 0 Å². The van der Waals surface area contributed by atoms with Crippen LogP contribution < -0.4 is 0 Å². The van der Waals surface area contributed by atoms with E-state index in [-0.39, 0.29) is 0 Å². The fourth-order valence-electron chi connectivity index (χ4n) is 1.21. The van der Waals surface area contributed by atoms with Crippen LogP contribution in [0.15, 0.2) is 17.6 Å². The molecule has 0 fully saturated rings. The van der Waals surface area contributed by atoms with Gasteiger partial charge >= 0.3 is 0 Å². The molecule has 0 N–H and O–H groups in total. The Balaban J connectivity index is 2.73. The van der Waals surface area contributed by atoms with Gasteiger partial charge in [0.15, 0.2) is 0 Å². The Morgan fingerprint density at radius 2 is 2.25 bits per heavy atom. The predicted molar refractivity (Wildman–Crippen MR) is 51.5 cm³/mol. The number of hydrogen-bond donors (Lipinski definition) is 0. The van der Waals surface area contributed by atoms with Crippen LogP contribution in [-0.2, 0) is 0 Å². The summed E-state index contributed by atoms with van der Waals surface area (Å²) in [5.74, 6) is 0.458. The summed E-state index contributed by atoms with van der Waals surface area (Å²) in [4.78, 5) is 0. The maximum Gasteiger partial charge on any atom is 0.0834 e. The molecule has 0 amide bonds. The number of hydrogen-bond acceptors (Lipinski definition) is 3. The zero-order valence-electron chi connectivity index (χ0n) is 7.11. The Morgan fingerprint density at radius 1 is 1.42 bits per heavy atom. The monoisotopic (exact) mass is 178 g/mol. The minimum atomic E-state index is 0.458. The van der Waals surface area contributed by atoms with Crippen LogP contribution in [0.4, 0.5) is 0 Å².